The highest BCUT2D eigenvalue weighted by Crippen LogP contribution is 1.98. The fourth-order valence-corrected chi connectivity index (χ4v) is 0.558. The molecule has 0 aliphatic rings. The zero-order valence-corrected chi connectivity index (χ0v) is 7.76. The minimum absolute atomic E-state index is 0.257. The molecule has 66 valence electrons. The molecule has 0 aromatic heterocycles. The Balaban J connectivity index is 3.54. The van der Waals surface area contributed by atoms with Crippen molar-refractivity contribution in [3.63, 3.8) is 0 Å². The van der Waals surface area contributed by atoms with Gasteiger partial charge in [-0.2, -0.15) is 0 Å². The van der Waals surface area contributed by atoms with Crippen LogP contribution >= 0.6 is 0 Å². The van der Waals surface area contributed by atoms with E-state index < -0.39 is 0 Å². The van der Waals surface area contributed by atoms with E-state index in [4.69, 9.17) is 5.11 Å². The maximum absolute atomic E-state index is 9.13. The Labute approximate surface area is 68.5 Å². The quantitative estimate of drug-likeness (QED) is 0.467. The van der Waals surface area contributed by atoms with Crippen LogP contribution in [0, 0.1) is 5.92 Å². The second-order valence-corrected chi connectivity index (χ2v) is 2.91. The van der Waals surface area contributed by atoms with E-state index >= 15 is 0 Å². The largest absolute Gasteiger partial charge is 0.393 e. The molecule has 0 spiro atoms. The van der Waals surface area contributed by atoms with Crippen LogP contribution < -0.4 is 5.32 Å². The fourth-order valence-electron chi connectivity index (χ4n) is 0.558. The van der Waals surface area contributed by atoms with E-state index in [1.54, 1.807) is 14.0 Å². The van der Waals surface area contributed by atoms with Crippen LogP contribution in [0.5, 0.6) is 0 Å². The molecule has 0 rings (SSSR count). The van der Waals surface area contributed by atoms with Crippen molar-refractivity contribution in [2.24, 2.45) is 10.9 Å². The summed E-state index contributed by atoms with van der Waals surface area (Å²) in [6, 6.07) is 0. The Kier molecular flexibility index (Phi) is 4.86. The van der Waals surface area contributed by atoms with Crippen LogP contribution in [0.15, 0.2) is 4.99 Å². The van der Waals surface area contributed by atoms with Crippen LogP contribution in [-0.4, -0.2) is 30.6 Å². The smallest absolute Gasteiger partial charge is 0.0928 e. The average Bonchev–Trinajstić information content (AvgIpc) is 1.99. The summed E-state index contributed by atoms with van der Waals surface area (Å²) in [6.07, 6.45) is -0.257. The third-order valence-electron chi connectivity index (χ3n) is 1.84. The highest BCUT2D eigenvalue weighted by atomic mass is 16.3. The summed E-state index contributed by atoms with van der Waals surface area (Å²) in [5, 5.41) is 12.2. The standard InChI is InChI=1S/C8H18N2O/c1-6(7(2)11)5-10-8(3)9-4/h6-7,11H,5H2,1-4H3,(H,9,10)/t6-,7?/m1/s1. The lowest BCUT2D eigenvalue weighted by Crippen LogP contribution is -2.30. The van der Waals surface area contributed by atoms with Gasteiger partial charge in [-0.05, 0) is 19.8 Å². The lowest BCUT2D eigenvalue weighted by molar-refractivity contribution is 0.137. The van der Waals surface area contributed by atoms with Crippen LogP contribution in [0.4, 0.5) is 0 Å². The number of rotatable bonds is 3. The van der Waals surface area contributed by atoms with Crippen molar-refractivity contribution in [3.8, 4) is 0 Å². The summed E-state index contributed by atoms with van der Waals surface area (Å²) in [4.78, 5) is 3.94. The SMILES string of the molecule is CN=C(C)NC[C@@H](C)C(C)O. The van der Waals surface area contributed by atoms with E-state index in [1.807, 2.05) is 13.8 Å². The molecule has 0 amide bonds. The summed E-state index contributed by atoms with van der Waals surface area (Å²) in [6.45, 7) is 6.49. The minimum atomic E-state index is -0.257. The van der Waals surface area contributed by atoms with Gasteiger partial charge in [0.15, 0.2) is 0 Å². The first-order chi connectivity index (χ1) is 5.07. The van der Waals surface area contributed by atoms with Gasteiger partial charge in [-0.1, -0.05) is 6.92 Å². The van der Waals surface area contributed by atoms with Gasteiger partial charge in [-0.3, -0.25) is 4.99 Å². The molecule has 0 aliphatic carbocycles. The van der Waals surface area contributed by atoms with Gasteiger partial charge in [-0.25, -0.2) is 0 Å². The van der Waals surface area contributed by atoms with E-state index in [-0.39, 0.29) is 12.0 Å². The highest BCUT2D eigenvalue weighted by molar-refractivity contribution is 5.79. The molecule has 1 unspecified atom stereocenters. The number of nitrogens with zero attached hydrogens (tertiary/aromatic N) is 1. The molecule has 0 aromatic rings. The molecule has 0 aliphatic heterocycles. The van der Waals surface area contributed by atoms with Gasteiger partial charge in [0.2, 0.25) is 0 Å². The number of aliphatic imine (C=N–C) groups is 1. The molecule has 11 heavy (non-hydrogen) atoms. The van der Waals surface area contributed by atoms with E-state index in [0.717, 1.165) is 12.4 Å². The number of amidine groups is 1. The predicted molar refractivity (Wildman–Crippen MR) is 47.9 cm³/mol. The Morgan fingerprint density at radius 1 is 1.55 bits per heavy atom. The Hall–Kier alpha value is -0.570. The molecule has 0 saturated carbocycles. The van der Waals surface area contributed by atoms with Crippen molar-refractivity contribution in [2.75, 3.05) is 13.6 Å². The summed E-state index contributed by atoms with van der Waals surface area (Å²) >= 11 is 0. The summed E-state index contributed by atoms with van der Waals surface area (Å²) < 4.78 is 0. The molecule has 0 bridgehead atoms. The number of hydrogen-bond acceptors (Lipinski definition) is 2. The minimum Gasteiger partial charge on any atom is -0.393 e. The van der Waals surface area contributed by atoms with Crippen molar-refractivity contribution >= 4 is 5.84 Å². The van der Waals surface area contributed by atoms with E-state index in [1.165, 1.54) is 0 Å². The molecule has 2 N–H and O–H groups in total. The van der Waals surface area contributed by atoms with Gasteiger partial charge in [-0.15, -0.1) is 0 Å². The lowest BCUT2D eigenvalue weighted by atomic mass is 10.1. The van der Waals surface area contributed by atoms with Crippen molar-refractivity contribution in [2.45, 2.75) is 26.9 Å². The topological polar surface area (TPSA) is 44.6 Å². The maximum Gasteiger partial charge on any atom is 0.0928 e. The summed E-state index contributed by atoms with van der Waals surface area (Å²) in [5.41, 5.74) is 0. The van der Waals surface area contributed by atoms with Gasteiger partial charge in [0.05, 0.1) is 11.9 Å². The first-order valence-corrected chi connectivity index (χ1v) is 3.93. The molecule has 0 heterocycles. The maximum atomic E-state index is 9.13. The van der Waals surface area contributed by atoms with Crippen LogP contribution in [0.25, 0.3) is 0 Å². The van der Waals surface area contributed by atoms with Crippen molar-refractivity contribution in [1.82, 2.24) is 5.32 Å². The van der Waals surface area contributed by atoms with Gasteiger partial charge in [0.1, 0.15) is 0 Å². The molecular formula is C8H18N2O. The third-order valence-corrected chi connectivity index (χ3v) is 1.84. The Bertz CT molecular complexity index is 132. The summed E-state index contributed by atoms with van der Waals surface area (Å²) in [5.74, 6) is 1.18. The number of hydrogen-bond donors (Lipinski definition) is 2. The van der Waals surface area contributed by atoms with E-state index in [9.17, 15) is 0 Å². The summed E-state index contributed by atoms with van der Waals surface area (Å²) in [7, 11) is 1.75. The van der Waals surface area contributed by atoms with Crippen LogP contribution in [-0.2, 0) is 0 Å². The normalized spacial score (nSPS) is 17.7. The number of aliphatic hydroxyl groups is 1. The van der Waals surface area contributed by atoms with Crippen molar-refractivity contribution in [1.29, 1.82) is 0 Å². The number of nitrogens with one attached hydrogen (secondary N) is 1. The molecule has 0 aromatic carbocycles. The van der Waals surface area contributed by atoms with Crippen LogP contribution in [0.1, 0.15) is 20.8 Å². The molecular weight excluding hydrogens is 140 g/mol. The average molecular weight is 158 g/mol. The van der Waals surface area contributed by atoms with Gasteiger partial charge in [0.25, 0.3) is 0 Å². The van der Waals surface area contributed by atoms with E-state index in [2.05, 4.69) is 10.3 Å². The lowest BCUT2D eigenvalue weighted by Gasteiger charge is -2.15. The molecule has 0 saturated heterocycles. The third kappa shape index (κ3) is 4.79. The zero-order valence-electron chi connectivity index (χ0n) is 7.76. The molecule has 0 fully saturated rings. The molecule has 3 nitrogen and oxygen atoms in total. The van der Waals surface area contributed by atoms with Crippen molar-refractivity contribution in [3.05, 3.63) is 0 Å². The Morgan fingerprint density at radius 3 is 2.45 bits per heavy atom. The Morgan fingerprint density at radius 2 is 2.09 bits per heavy atom. The predicted octanol–water partition coefficient (Wildman–Crippen LogP) is 0.641. The fraction of sp³-hybridized carbons (Fsp3) is 0.875. The molecule has 3 heteroatoms. The van der Waals surface area contributed by atoms with Crippen LogP contribution in [0.3, 0.4) is 0 Å². The van der Waals surface area contributed by atoms with Crippen molar-refractivity contribution < 1.29 is 5.11 Å². The van der Waals surface area contributed by atoms with E-state index in [0.29, 0.717) is 0 Å². The zero-order chi connectivity index (χ0) is 8.85. The highest BCUT2D eigenvalue weighted by Gasteiger charge is 2.07. The second kappa shape index (κ2) is 5.13. The monoisotopic (exact) mass is 158 g/mol. The first-order valence-electron chi connectivity index (χ1n) is 3.93. The number of aliphatic hydroxyl groups excluding tert-OH is 1. The van der Waals surface area contributed by atoms with Gasteiger partial charge in [0, 0.05) is 13.6 Å². The second-order valence-electron chi connectivity index (χ2n) is 2.91. The molecule has 2 atom stereocenters. The first kappa shape index (κ1) is 10.4. The van der Waals surface area contributed by atoms with Gasteiger partial charge < -0.3 is 10.4 Å². The molecule has 0 radical (unpaired) electrons. The van der Waals surface area contributed by atoms with Crippen LogP contribution in [0.2, 0.25) is 0 Å². The van der Waals surface area contributed by atoms with Gasteiger partial charge >= 0.3 is 0 Å².